The van der Waals surface area contributed by atoms with Crippen LogP contribution in [0.3, 0.4) is 0 Å². The lowest BCUT2D eigenvalue weighted by Crippen LogP contribution is -2.43. The van der Waals surface area contributed by atoms with Crippen LogP contribution in [0, 0.1) is 24.2 Å². The zero-order valence-corrected chi connectivity index (χ0v) is 19.1. The number of aryl methyl sites for hydroxylation is 1. The van der Waals surface area contributed by atoms with Crippen molar-refractivity contribution in [3.63, 3.8) is 0 Å². The summed E-state index contributed by atoms with van der Waals surface area (Å²) in [4.78, 5) is 15.1. The maximum Gasteiger partial charge on any atom is 0.243 e. The van der Waals surface area contributed by atoms with Crippen molar-refractivity contribution in [1.29, 1.82) is 5.26 Å². The molecule has 0 spiro atoms. The molecule has 3 heterocycles. The summed E-state index contributed by atoms with van der Waals surface area (Å²) in [7, 11) is 0. The van der Waals surface area contributed by atoms with E-state index in [0.29, 0.717) is 24.4 Å². The molecule has 0 aliphatic carbocycles. The van der Waals surface area contributed by atoms with Gasteiger partial charge in [0, 0.05) is 36.4 Å². The number of piperazine rings is 1. The van der Waals surface area contributed by atoms with Gasteiger partial charge >= 0.3 is 0 Å². The van der Waals surface area contributed by atoms with E-state index in [0.717, 1.165) is 34.9 Å². The molecule has 2 aromatic rings. The van der Waals surface area contributed by atoms with Gasteiger partial charge in [0.05, 0.1) is 11.8 Å². The van der Waals surface area contributed by atoms with Crippen molar-refractivity contribution in [2.75, 3.05) is 29.9 Å². The minimum Gasteiger partial charge on any atom is -0.366 e. The van der Waals surface area contributed by atoms with Crippen molar-refractivity contribution in [2.45, 2.75) is 51.7 Å². The highest BCUT2D eigenvalue weighted by atomic mass is 32.1. The molecule has 2 bridgehead atoms. The number of anilines is 2. The van der Waals surface area contributed by atoms with Crippen LogP contribution in [0.15, 0.2) is 24.3 Å². The third-order valence-corrected chi connectivity index (χ3v) is 6.95. The van der Waals surface area contributed by atoms with Gasteiger partial charge in [0.25, 0.3) is 0 Å². The lowest BCUT2D eigenvalue weighted by Gasteiger charge is -2.29. The fraction of sp³-hybridized carbons (Fsp3) is 0.522. The molecule has 2 saturated heterocycles. The Bertz CT molecular complexity index is 963. The molecule has 31 heavy (non-hydrogen) atoms. The SMILES string of the molecule is Cc1nsc(N[C@@H](CC(C)C)C(=O)NCC#N)c1-c1ccc(N2C[C@@H]3C[C@H]2CN3)cc1. The third kappa shape index (κ3) is 4.68. The zero-order chi connectivity index (χ0) is 22.0. The molecule has 2 aliphatic rings. The predicted molar refractivity (Wildman–Crippen MR) is 125 cm³/mol. The van der Waals surface area contributed by atoms with Crippen LogP contribution in [0.2, 0.25) is 0 Å². The monoisotopic (exact) mass is 438 g/mol. The minimum absolute atomic E-state index is 0.0129. The van der Waals surface area contributed by atoms with E-state index in [4.69, 9.17) is 5.26 Å². The number of hydrogen-bond acceptors (Lipinski definition) is 7. The number of nitriles is 1. The number of amides is 1. The summed E-state index contributed by atoms with van der Waals surface area (Å²) in [6.07, 6.45) is 1.91. The number of nitrogens with zero attached hydrogens (tertiary/aromatic N) is 3. The molecule has 2 aliphatic heterocycles. The molecule has 0 radical (unpaired) electrons. The van der Waals surface area contributed by atoms with Gasteiger partial charge in [-0.2, -0.15) is 9.64 Å². The van der Waals surface area contributed by atoms with E-state index in [9.17, 15) is 4.79 Å². The normalized spacial score (nSPS) is 20.7. The number of fused-ring (bicyclic) bond motifs is 2. The smallest absolute Gasteiger partial charge is 0.243 e. The lowest BCUT2D eigenvalue weighted by atomic mass is 10.0. The molecule has 4 rings (SSSR count). The van der Waals surface area contributed by atoms with Crippen LogP contribution in [0.1, 0.15) is 32.4 Å². The summed E-state index contributed by atoms with van der Waals surface area (Å²) in [5.41, 5.74) is 4.36. The maximum absolute atomic E-state index is 12.6. The highest BCUT2D eigenvalue weighted by molar-refractivity contribution is 7.11. The molecule has 3 N–H and O–H groups in total. The quantitative estimate of drug-likeness (QED) is 0.549. The fourth-order valence-electron chi connectivity index (χ4n) is 4.62. The molecule has 1 aromatic heterocycles. The van der Waals surface area contributed by atoms with Crippen molar-refractivity contribution in [2.24, 2.45) is 5.92 Å². The number of benzene rings is 1. The summed E-state index contributed by atoms with van der Waals surface area (Å²) in [5, 5.41) is 19.3. The van der Waals surface area contributed by atoms with Gasteiger partial charge in [0.1, 0.15) is 17.6 Å². The van der Waals surface area contributed by atoms with Crippen LogP contribution in [0.25, 0.3) is 11.1 Å². The molecule has 1 aromatic carbocycles. The molecule has 3 atom stereocenters. The first-order valence-corrected chi connectivity index (χ1v) is 11.7. The Hall–Kier alpha value is -2.63. The molecule has 7 nitrogen and oxygen atoms in total. The second kappa shape index (κ2) is 9.25. The fourth-order valence-corrected chi connectivity index (χ4v) is 5.49. The van der Waals surface area contributed by atoms with Crippen LogP contribution in [0.4, 0.5) is 10.7 Å². The first-order chi connectivity index (χ1) is 15.0. The van der Waals surface area contributed by atoms with Crippen molar-refractivity contribution in [3.05, 3.63) is 30.0 Å². The summed E-state index contributed by atoms with van der Waals surface area (Å²) in [6.45, 7) is 8.33. The Kier molecular flexibility index (Phi) is 6.44. The average molecular weight is 439 g/mol. The van der Waals surface area contributed by atoms with Gasteiger partial charge in [0.2, 0.25) is 5.91 Å². The van der Waals surface area contributed by atoms with E-state index in [1.807, 2.05) is 13.0 Å². The largest absolute Gasteiger partial charge is 0.366 e. The van der Waals surface area contributed by atoms with Gasteiger partial charge in [-0.3, -0.25) is 4.79 Å². The van der Waals surface area contributed by atoms with Crippen LogP contribution < -0.4 is 20.9 Å². The van der Waals surface area contributed by atoms with E-state index in [2.05, 4.69) is 63.3 Å². The highest BCUT2D eigenvalue weighted by Gasteiger charge is 2.37. The van der Waals surface area contributed by atoms with Crippen molar-refractivity contribution >= 4 is 28.1 Å². The van der Waals surface area contributed by atoms with Gasteiger partial charge in [-0.25, -0.2) is 0 Å². The Labute approximate surface area is 188 Å². The lowest BCUT2D eigenvalue weighted by molar-refractivity contribution is -0.121. The first kappa shape index (κ1) is 21.6. The molecule has 164 valence electrons. The van der Waals surface area contributed by atoms with Gasteiger partial charge in [-0.1, -0.05) is 26.0 Å². The topological polar surface area (TPSA) is 93.1 Å². The maximum atomic E-state index is 12.6. The molecule has 2 fully saturated rings. The number of nitrogens with one attached hydrogen (secondary N) is 3. The van der Waals surface area contributed by atoms with E-state index in [1.165, 1.54) is 23.6 Å². The van der Waals surface area contributed by atoms with E-state index < -0.39 is 6.04 Å². The predicted octanol–water partition coefficient (Wildman–Crippen LogP) is 3.14. The van der Waals surface area contributed by atoms with Crippen LogP contribution in [0.5, 0.6) is 0 Å². The van der Waals surface area contributed by atoms with Gasteiger partial charge in [-0.15, -0.1) is 0 Å². The number of carbonyl (C=O) groups is 1. The Morgan fingerprint density at radius 1 is 1.39 bits per heavy atom. The van der Waals surface area contributed by atoms with E-state index >= 15 is 0 Å². The Morgan fingerprint density at radius 3 is 2.77 bits per heavy atom. The van der Waals surface area contributed by atoms with Gasteiger partial charge in [-0.05, 0) is 54.9 Å². The van der Waals surface area contributed by atoms with Crippen LogP contribution in [-0.4, -0.2) is 48.0 Å². The number of carbonyl (C=O) groups excluding carboxylic acids is 1. The first-order valence-electron chi connectivity index (χ1n) is 10.9. The molecule has 8 heteroatoms. The molecule has 0 unspecified atom stereocenters. The Balaban J connectivity index is 1.54. The summed E-state index contributed by atoms with van der Waals surface area (Å²) >= 11 is 1.38. The third-order valence-electron chi connectivity index (χ3n) is 6.08. The standard InChI is InChI=1S/C23H30N6OS/c1-14(2)10-20(22(30)25-9-8-24)27-23-21(15(3)28-31-23)16-4-6-18(7-5-16)29-13-17-11-19(29)12-26-17/h4-7,14,17,19-20,26-27H,9-13H2,1-3H3,(H,25,30)/t17-,19-,20-/m0/s1. The Morgan fingerprint density at radius 2 is 2.16 bits per heavy atom. The second-order valence-corrected chi connectivity index (χ2v) is 9.64. The molecular weight excluding hydrogens is 408 g/mol. The number of aromatic nitrogens is 1. The van der Waals surface area contributed by atoms with E-state index in [-0.39, 0.29) is 12.5 Å². The number of rotatable bonds is 8. The highest BCUT2D eigenvalue weighted by Crippen LogP contribution is 2.37. The molecular formula is C23H30N6OS. The van der Waals surface area contributed by atoms with E-state index in [1.54, 1.807) is 0 Å². The summed E-state index contributed by atoms with van der Waals surface area (Å²) in [6, 6.07) is 11.5. The van der Waals surface area contributed by atoms with Crippen molar-refractivity contribution in [1.82, 2.24) is 15.0 Å². The van der Waals surface area contributed by atoms with Crippen LogP contribution >= 0.6 is 11.5 Å². The minimum atomic E-state index is -0.404. The average Bonchev–Trinajstić information content (AvgIpc) is 3.47. The van der Waals surface area contributed by atoms with Crippen LogP contribution in [-0.2, 0) is 4.79 Å². The van der Waals surface area contributed by atoms with Gasteiger partial charge < -0.3 is 20.9 Å². The number of hydrogen-bond donors (Lipinski definition) is 3. The molecule has 0 saturated carbocycles. The van der Waals surface area contributed by atoms with Crippen molar-refractivity contribution < 1.29 is 4.79 Å². The van der Waals surface area contributed by atoms with Crippen molar-refractivity contribution in [3.8, 4) is 17.2 Å². The zero-order valence-electron chi connectivity index (χ0n) is 18.3. The molecule has 1 amide bonds. The second-order valence-electron chi connectivity index (χ2n) is 8.87. The summed E-state index contributed by atoms with van der Waals surface area (Å²) in [5.74, 6) is 0.188. The van der Waals surface area contributed by atoms with Gasteiger partial charge in [0.15, 0.2) is 0 Å². The summed E-state index contributed by atoms with van der Waals surface area (Å²) < 4.78 is 4.55.